The zero-order valence-electron chi connectivity index (χ0n) is 16.1. The first-order valence-electron chi connectivity index (χ1n) is 9.01. The van der Waals surface area contributed by atoms with Crippen molar-refractivity contribution in [1.82, 2.24) is 19.8 Å². The van der Waals surface area contributed by atoms with Crippen LogP contribution >= 0.6 is 0 Å². The highest BCUT2D eigenvalue weighted by Gasteiger charge is 2.39. The zero-order valence-corrected chi connectivity index (χ0v) is 16.1. The Morgan fingerprint density at radius 2 is 1.93 bits per heavy atom. The van der Waals surface area contributed by atoms with Crippen LogP contribution in [0.5, 0.6) is 5.75 Å². The smallest absolute Gasteiger partial charge is 0.296 e. The summed E-state index contributed by atoms with van der Waals surface area (Å²) in [6.07, 6.45) is 0. The number of aromatic hydroxyl groups is 1. The topological polar surface area (TPSA) is 131 Å². The highest BCUT2D eigenvalue weighted by Crippen LogP contribution is 2.30. The summed E-state index contributed by atoms with van der Waals surface area (Å²) in [5, 5.41) is 12.8. The summed E-state index contributed by atoms with van der Waals surface area (Å²) in [5.41, 5.74) is 3.94. The number of primary amides is 1. The van der Waals surface area contributed by atoms with Crippen molar-refractivity contribution in [2.45, 2.75) is 32.5 Å². The lowest BCUT2D eigenvalue weighted by atomic mass is 9.98. The molecule has 0 spiro atoms. The molecule has 1 aliphatic heterocycles. The molecule has 154 valence electrons. The minimum Gasteiger partial charge on any atom is -0.501 e. The number of hydrogen-bond donors (Lipinski definition) is 3. The normalized spacial score (nSPS) is 15.6. The Balaban J connectivity index is 1.91. The molecule has 0 fully saturated rings. The maximum Gasteiger partial charge on any atom is 0.296 e. The van der Waals surface area contributed by atoms with Gasteiger partial charge in [0.2, 0.25) is 11.7 Å². The number of hydrogen-bond acceptors (Lipinski definition) is 6. The molecule has 0 atom stereocenters. The molecule has 0 aliphatic carbocycles. The fourth-order valence-corrected chi connectivity index (χ4v) is 3.35. The fourth-order valence-electron chi connectivity index (χ4n) is 3.35. The van der Waals surface area contributed by atoms with E-state index in [0.29, 0.717) is 12.1 Å². The van der Waals surface area contributed by atoms with Gasteiger partial charge in [-0.05, 0) is 31.5 Å². The molecule has 0 bridgehead atoms. The van der Waals surface area contributed by atoms with E-state index in [1.165, 1.54) is 28.8 Å². The lowest BCUT2D eigenvalue weighted by Crippen LogP contribution is -2.54. The maximum atomic E-state index is 13.0. The van der Waals surface area contributed by atoms with E-state index in [-0.39, 0.29) is 25.5 Å². The summed E-state index contributed by atoms with van der Waals surface area (Å²) in [7, 11) is 0. The molecule has 4 N–H and O–H groups in total. The monoisotopic (exact) mass is 403 g/mol. The lowest BCUT2D eigenvalue weighted by molar-refractivity contribution is -0.121. The molecular formula is C19H22FN5O4. The van der Waals surface area contributed by atoms with Gasteiger partial charge in [-0.3, -0.25) is 23.9 Å². The van der Waals surface area contributed by atoms with Gasteiger partial charge in [-0.1, -0.05) is 12.1 Å². The van der Waals surface area contributed by atoms with Crippen LogP contribution in [-0.2, 0) is 23.4 Å². The van der Waals surface area contributed by atoms with Crippen molar-refractivity contribution in [2.24, 2.45) is 5.73 Å². The van der Waals surface area contributed by atoms with Gasteiger partial charge >= 0.3 is 0 Å². The molecule has 2 amide bonds. The molecule has 0 saturated carbocycles. The standard InChI is InChI=1S/C19H22FN5O4/c1-19(2)18-23-14(16(28)22-9-11-3-5-12(20)6-4-11)15(27)17(29)25(18)8-7-24(19)10-13(21)26/h3-6,27H,7-10H2,1-2H3,(H2,21,26)(H,22,28). The van der Waals surface area contributed by atoms with Crippen LogP contribution in [-0.4, -0.2) is 44.5 Å². The molecule has 1 aromatic heterocycles. The largest absolute Gasteiger partial charge is 0.501 e. The Bertz CT molecular complexity index is 1020. The van der Waals surface area contributed by atoms with Crippen molar-refractivity contribution in [2.75, 3.05) is 13.1 Å². The minimum absolute atomic E-state index is 0.0319. The van der Waals surface area contributed by atoms with Gasteiger partial charge in [0.1, 0.15) is 11.6 Å². The van der Waals surface area contributed by atoms with E-state index in [2.05, 4.69) is 10.3 Å². The third-order valence-corrected chi connectivity index (χ3v) is 5.00. The number of benzene rings is 1. The fraction of sp³-hybridized carbons (Fsp3) is 0.368. The van der Waals surface area contributed by atoms with Crippen LogP contribution in [0.25, 0.3) is 0 Å². The molecule has 3 rings (SSSR count). The van der Waals surface area contributed by atoms with Gasteiger partial charge in [0, 0.05) is 19.6 Å². The minimum atomic E-state index is -0.869. The molecule has 0 radical (unpaired) electrons. The number of nitrogens with two attached hydrogens (primary N) is 1. The second-order valence-electron chi connectivity index (χ2n) is 7.35. The number of nitrogens with one attached hydrogen (secondary N) is 1. The summed E-state index contributed by atoms with van der Waals surface area (Å²) >= 11 is 0. The van der Waals surface area contributed by atoms with Gasteiger partial charge in [0.05, 0.1) is 12.1 Å². The van der Waals surface area contributed by atoms with Crippen molar-refractivity contribution in [3.63, 3.8) is 0 Å². The van der Waals surface area contributed by atoms with Gasteiger partial charge in [-0.25, -0.2) is 9.37 Å². The van der Waals surface area contributed by atoms with E-state index in [9.17, 15) is 23.9 Å². The number of nitrogens with zero attached hydrogens (tertiary/aromatic N) is 3. The van der Waals surface area contributed by atoms with Crippen LogP contribution in [0.15, 0.2) is 29.1 Å². The summed E-state index contributed by atoms with van der Waals surface area (Å²) in [6, 6.07) is 5.54. The third kappa shape index (κ3) is 3.97. The van der Waals surface area contributed by atoms with Crippen LogP contribution in [0.1, 0.15) is 35.7 Å². The zero-order chi connectivity index (χ0) is 21.3. The molecule has 10 heteroatoms. The lowest BCUT2D eigenvalue weighted by Gasteiger charge is -2.42. The van der Waals surface area contributed by atoms with Crippen molar-refractivity contribution >= 4 is 11.8 Å². The van der Waals surface area contributed by atoms with Crippen LogP contribution in [0, 0.1) is 5.82 Å². The predicted molar refractivity (Wildman–Crippen MR) is 102 cm³/mol. The van der Waals surface area contributed by atoms with Gasteiger partial charge in [-0.15, -0.1) is 0 Å². The van der Waals surface area contributed by atoms with Crippen LogP contribution in [0.2, 0.25) is 0 Å². The number of carbonyl (C=O) groups excluding carboxylic acids is 2. The average Bonchev–Trinajstić information content (AvgIpc) is 2.66. The van der Waals surface area contributed by atoms with Gasteiger partial charge in [-0.2, -0.15) is 0 Å². The Morgan fingerprint density at radius 3 is 2.55 bits per heavy atom. The van der Waals surface area contributed by atoms with Crippen molar-refractivity contribution in [3.8, 4) is 5.75 Å². The summed E-state index contributed by atoms with van der Waals surface area (Å²) in [5.74, 6) is -2.16. The first-order chi connectivity index (χ1) is 13.6. The second kappa shape index (κ2) is 7.63. The SMILES string of the molecule is CC1(C)c2nc(C(=O)NCc3ccc(F)cc3)c(O)c(=O)n2CCN1CC(N)=O. The molecule has 1 aromatic carbocycles. The molecule has 2 heterocycles. The van der Waals surface area contributed by atoms with Gasteiger partial charge < -0.3 is 16.2 Å². The Labute approximate surface area is 166 Å². The summed E-state index contributed by atoms with van der Waals surface area (Å²) < 4.78 is 14.3. The van der Waals surface area contributed by atoms with E-state index in [1.807, 2.05) is 0 Å². The Kier molecular flexibility index (Phi) is 5.38. The first kappa shape index (κ1) is 20.5. The maximum absolute atomic E-state index is 13.0. The molecule has 1 aliphatic rings. The van der Waals surface area contributed by atoms with E-state index in [1.54, 1.807) is 18.7 Å². The predicted octanol–water partition coefficient (Wildman–Crippen LogP) is 0.0540. The first-order valence-corrected chi connectivity index (χ1v) is 9.01. The van der Waals surface area contributed by atoms with Crippen molar-refractivity contribution in [1.29, 1.82) is 0 Å². The van der Waals surface area contributed by atoms with E-state index < -0.39 is 40.2 Å². The molecule has 29 heavy (non-hydrogen) atoms. The van der Waals surface area contributed by atoms with Crippen molar-refractivity contribution in [3.05, 3.63) is 57.5 Å². The quantitative estimate of drug-likeness (QED) is 0.647. The summed E-state index contributed by atoms with van der Waals surface area (Å²) in [4.78, 5) is 42.6. The third-order valence-electron chi connectivity index (χ3n) is 5.00. The molecule has 0 unspecified atom stereocenters. The second-order valence-corrected chi connectivity index (χ2v) is 7.35. The van der Waals surface area contributed by atoms with Crippen LogP contribution < -0.4 is 16.6 Å². The number of aromatic nitrogens is 2. The molecular weight excluding hydrogens is 381 g/mol. The molecule has 2 aromatic rings. The van der Waals surface area contributed by atoms with Crippen LogP contribution in [0.4, 0.5) is 4.39 Å². The Hall–Kier alpha value is -3.27. The van der Waals surface area contributed by atoms with Gasteiger partial charge in [0.25, 0.3) is 11.5 Å². The van der Waals surface area contributed by atoms with E-state index in [4.69, 9.17) is 5.73 Å². The molecule has 0 saturated heterocycles. The van der Waals surface area contributed by atoms with Gasteiger partial charge in [0.15, 0.2) is 5.69 Å². The highest BCUT2D eigenvalue weighted by molar-refractivity contribution is 5.94. The van der Waals surface area contributed by atoms with Crippen LogP contribution in [0.3, 0.4) is 0 Å². The van der Waals surface area contributed by atoms with Crippen molar-refractivity contribution < 1.29 is 19.1 Å². The highest BCUT2D eigenvalue weighted by atomic mass is 19.1. The number of rotatable bonds is 5. The van der Waals surface area contributed by atoms with E-state index >= 15 is 0 Å². The van der Waals surface area contributed by atoms with E-state index in [0.717, 1.165) is 0 Å². The number of halogens is 1. The number of amides is 2. The number of fused-ring (bicyclic) bond motifs is 1. The number of carbonyl (C=O) groups is 2. The summed E-state index contributed by atoms with van der Waals surface area (Å²) in [6.45, 7) is 4.10. The average molecular weight is 403 g/mol. The Morgan fingerprint density at radius 1 is 1.28 bits per heavy atom. The molecule has 9 nitrogen and oxygen atoms in total.